The zero-order valence-corrected chi connectivity index (χ0v) is 33.3. The molecule has 0 spiro atoms. The van der Waals surface area contributed by atoms with Gasteiger partial charge in [-0.2, -0.15) is 17.9 Å². The molecule has 19 heteroatoms. The van der Waals surface area contributed by atoms with Crippen molar-refractivity contribution in [2.24, 2.45) is 0 Å². The first-order valence-electron chi connectivity index (χ1n) is 19.5. The number of hydrogen-bond donors (Lipinski definition) is 5. The summed E-state index contributed by atoms with van der Waals surface area (Å²) in [4.78, 5) is 85.2. The van der Waals surface area contributed by atoms with Crippen LogP contribution in [0.2, 0.25) is 5.02 Å². The Morgan fingerprint density at radius 2 is 1.69 bits per heavy atom. The van der Waals surface area contributed by atoms with Crippen molar-refractivity contribution in [2.75, 3.05) is 25.0 Å². The predicted octanol–water partition coefficient (Wildman–Crippen LogP) is 5.56. The summed E-state index contributed by atoms with van der Waals surface area (Å²) in [5.41, 5.74) is 2.51. The largest absolute Gasteiger partial charge is 0.484 e. The van der Waals surface area contributed by atoms with Crippen LogP contribution in [0, 0.1) is 0 Å². The van der Waals surface area contributed by atoms with Gasteiger partial charge in [0.15, 0.2) is 6.61 Å². The van der Waals surface area contributed by atoms with Crippen molar-refractivity contribution in [3.05, 3.63) is 128 Å². The minimum atomic E-state index is -4.53. The summed E-state index contributed by atoms with van der Waals surface area (Å²) in [5, 5.41) is 11.6. The zero-order chi connectivity index (χ0) is 43.7. The zero-order valence-electron chi connectivity index (χ0n) is 32.5. The fraction of sp³-hybridized carbons (Fsp3) is 0.233. The number of carbonyl (C=O) groups excluding carboxylic acids is 5. The van der Waals surface area contributed by atoms with Gasteiger partial charge in [-0.3, -0.25) is 44.1 Å². The van der Waals surface area contributed by atoms with Crippen LogP contribution in [0.1, 0.15) is 56.7 Å². The van der Waals surface area contributed by atoms with Gasteiger partial charge in [-0.15, -0.1) is 0 Å². The first-order valence-corrected chi connectivity index (χ1v) is 19.9. The fourth-order valence-electron chi connectivity index (χ4n) is 7.42. The maximum absolute atomic E-state index is 13.8. The van der Waals surface area contributed by atoms with Crippen molar-refractivity contribution in [1.82, 2.24) is 35.3 Å². The minimum Gasteiger partial charge on any atom is -0.484 e. The van der Waals surface area contributed by atoms with E-state index in [9.17, 15) is 41.9 Å². The summed E-state index contributed by atoms with van der Waals surface area (Å²) in [6, 6.07) is 20.2. The Morgan fingerprint density at radius 3 is 2.44 bits per heavy atom. The lowest BCUT2D eigenvalue weighted by Crippen LogP contribution is -2.54. The second-order valence-electron chi connectivity index (χ2n) is 14.6. The number of aromatic amines is 2. The van der Waals surface area contributed by atoms with Gasteiger partial charge in [0.05, 0.1) is 33.4 Å². The summed E-state index contributed by atoms with van der Waals surface area (Å²) in [6.07, 6.45) is -3.38. The maximum atomic E-state index is 13.8. The Labute approximate surface area is 354 Å². The summed E-state index contributed by atoms with van der Waals surface area (Å²) >= 11 is 6.13. The van der Waals surface area contributed by atoms with E-state index < -0.39 is 47.0 Å². The third kappa shape index (κ3) is 8.54. The topological polar surface area (TPSA) is 200 Å². The van der Waals surface area contributed by atoms with Gasteiger partial charge in [-0.05, 0) is 91.4 Å². The number of imidazole rings is 1. The van der Waals surface area contributed by atoms with E-state index in [2.05, 4.69) is 31.0 Å². The number of carbonyl (C=O) groups is 5. The van der Waals surface area contributed by atoms with Gasteiger partial charge in [0.2, 0.25) is 17.8 Å². The van der Waals surface area contributed by atoms with Crippen molar-refractivity contribution in [3.8, 4) is 23.0 Å². The molecule has 5 N–H and O–H groups in total. The summed E-state index contributed by atoms with van der Waals surface area (Å²) in [7, 11) is 0. The van der Waals surface area contributed by atoms with Crippen molar-refractivity contribution < 1.29 is 41.9 Å². The number of fused-ring (bicyclic) bond motifs is 2. The van der Waals surface area contributed by atoms with E-state index in [-0.39, 0.29) is 55.4 Å². The molecular weight excluding hydrogens is 833 g/mol. The van der Waals surface area contributed by atoms with Gasteiger partial charge in [0.1, 0.15) is 11.8 Å². The van der Waals surface area contributed by atoms with E-state index in [1.807, 2.05) is 0 Å². The van der Waals surface area contributed by atoms with E-state index in [0.29, 0.717) is 63.7 Å². The Morgan fingerprint density at radius 1 is 0.919 bits per heavy atom. The van der Waals surface area contributed by atoms with E-state index in [1.165, 1.54) is 22.9 Å². The average molecular weight is 869 g/mol. The van der Waals surface area contributed by atoms with Crippen molar-refractivity contribution in [1.29, 1.82) is 0 Å². The van der Waals surface area contributed by atoms with Gasteiger partial charge in [0, 0.05) is 35.8 Å². The number of aromatic nitrogens is 4. The Kier molecular flexibility index (Phi) is 11.4. The number of imide groups is 2. The molecule has 0 saturated carbocycles. The van der Waals surface area contributed by atoms with Crippen LogP contribution in [0.25, 0.3) is 28.2 Å². The molecule has 6 aromatic rings. The molecule has 4 aromatic carbocycles. The first-order chi connectivity index (χ1) is 29.7. The number of H-pyrrole nitrogens is 2. The van der Waals surface area contributed by atoms with E-state index in [0.717, 1.165) is 22.6 Å². The highest BCUT2D eigenvalue weighted by Gasteiger charge is 2.45. The van der Waals surface area contributed by atoms with Gasteiger partial charge in [-0.1, -0.05) is 41.9 Å². The normalized spacial score (nSPS) is 15.2. The molecule has 62 heavy (non-hydrogen) atoms. The molecule has 5 amide bonds. The number of aryl methyl sites for hydroxylation is 1. The number of nitrogens with zero attached hydrogens (tertiary/aromatic N) is 3. The van der Waals surface area contributed by atoms with Crippen LogP contribution in [-0.4, -0.2) is 79.9 Å². The molecular formula is C43H36ClF3N8O7. The smallest absolute Gasteiger partial charge is 0.416 e. The molecule has 15 nitrogen and oxygen atoms in total. The Hall–Kier alpha value is -7.21. The Bertz CT molecular complexity index is 2800. The van der Waals surface area contributed by atoms with Crippen LogP contribution in [0.4, 0.5) is 18.9 Å². The van der Waals surface area contributed by atoms with E-state index in [4.69, 9.17) is 16.3 Å². The van der Waals surface area contributed by atoms with Crippen molar-refractivity contribution in [3.63, 3.8) is 0 Å². The average Bonchev–Trinajstić information content (AvgIpc) is 3.89. The number of amides is 5. The molecule has 318 valence electrons. The summed E-state index contributed by atoms with van der Waals surface area (Å²) in [6.45, 7) is 0.355. The van der Waals surface area contributed by atoms with Crippen LogP contribution in [0.15, 0.2) is 89.7 Å². The quantitative estimate of drug-likeness (QED) is 0.0687. The maximum Gasteiger partial charge on any atom is 0.416 e. The number of nitrogens with one attached hydrogen (secondary N) is 5. The molecule has 1 saturated heterocycles. The van der Waals surface area contributed by atoms with Gasteiger partial charge in [-0.25, -0.2) is 4.98 Å². The van der Waals surface area contributed by atoms with Gasteiger partial charge >= 0.3 is 6.18 Å². The molecule has 1 atom stereocenters. The van der Waals surface area contributed by atoms with Crippen LogP contribution in [0.5, 0.6) is 5.75 Å². The fourth-order valence-corrected chi connectivity index (χ4v) is 7.59. The van der Waals surface area contributed by atoms with Crippen LogP contribution >= 0.6 is 11.6 Å². The van der Waals surface area contributed by atoms with Gasteiger partial charge < -0.3 is 20.4 Å². The number of halogens is 4. The minimum absolute atomic E-state index is 0.0184. The van der Waals surface area contributed by atoms with E-state index >= 15 is 0 Å². The number of ether oxygens (including phenoxy) is 1. The first kappa shape index (κ1) is 41.5. The number of anilines is 1. The molecule has 0 aliphatic carbocycles. The van der Waals surface area contributed by atoms with E-state index in [1.54, 1.807) is 54.6 Å². The Balaban J connectivity index is 0.840. The number of piperidine rings is 1. The van der Waals surface area contributed by atoms with Crippen LogP contribution in [0.3, 0.4) is 0 Å². The lowest BCUT2D eigenvalue weighted by Gasteiger charge is -2.27. The SMILES string of the molecule is O=C(COc1ccc(CCc2c(-c3ccc(C(F)(F)F)cc3)[nH]n(-c3nc4ccc(Cl)cc4[nH]3)c2=O)cc1)NCCCNc1cccc2c1C(=O)N(C1CCC(=O)NC1=O)C2=O. The highest BCUT2D eigenvalue weighted by atomic mass is 35.5. The predicted molar refractivity (Wildman–Crippen MR) is 220 cm³/mol. The number of alkyl halides is 3. The second-order valence-corrected chi connectivity index (χ2v) is 15.1. The molecule has 2 aromatic heterocycles. The molecule has 1 unspecified atom stereocenters. The highest BCUT2D eigenvalue weighted by molar-refractivity contribution is 6.31. The summed E-state index contributed by atoms with van der Waals surface area (Å²) < 4.78 is 46.9. The molecule has 4 heterocycles. The molecule has 1 fully saturated rings. The van der Waals surface area contributed by atoms with Crippen molar-refractivity contribution >= 4 is 57.9 Å². The molecule has 2 aliphatic rings. The molecule has 0 bridgehead atoms. The molecule has 2 aliphatic heterocycles. The third-order valence-electron chi connectivity index (χ3n) is 10.5. The monoisotopic (exact) mass is 868 g/mol. The number of hydrogen-bond acceptors (Lipinski definition) is 9. The third-order valence-corrected chi connectivity index (χ3v) is 10.8. The van der Waals surface area contributed by atoms with Crippen LogP contribution in [-0.2, 0) is 33.4 Å². The molecule has 8 rings (SSSR count). The van der Waals surface area contributed by atoms with Crippen LogP contribution < -0.4 is 26.2 Å². The molecule has 0 radical (unpaired) electrons. The number of rotatable bonds is 14. The lowest BCUT2D eigenvalue weighted by atomic mass is 10.0. The summed E-state index contributed by atoms with van der Waals surface area (Å²) in [5.74, 6) is -2.14. The van der Waals surface area contributed by atoms with Gasteiger partial charge in [0.25, 0.3) is 23.3 Å². The van der Waals surface area contributed by atoms with Crippen molar-refractivity contribution in [2.45, 2.75) is 44.3 Å². The second kappa shape index (κ2) is 17.0. The lowest BCUT2D eigenvalue weighted by molar-refractivity contribution is -0.138. The highest BCUT2D eigenvalue weighted by Crippen LogP contribution is 2.33. The standard InChI is InChI=1S/C43H36ClF3N8O7/c44-26-12-16-30-32(21-26)51-42(50-30)55-40(60)29(37(53-55)24-8-10-25(11-9-24)43(45,46)47)15-7-23-5-13-27(14-6-23)62-22-35(57)49-20-2-19-48-31-4-1-3-28-36(31)41(61)54(39(28)59)33-17-18-34(56)52-38(33)58/h1,3-6,8-14,16,21,33,48,53H,2,7,15,17-20,22H2,(H,49,57)(H,50,51)(H,52,56,58). The number of benzene rings is 4.